The van der Waals surface area contributed by atoms with E-state index in [1.165, 1.54) is 6.33 Å². The maximum Gasteiger partial charge on any atom is 0.280 e. The van der Waals surface area contributed by atoms with Crippen molar-refractivity contribution < 1.29 is 0 Å². The number of H-pyrrole nitrogens is 1. The number of imidazole rings is 2. The number of rotatable bonds is 0. The number of nitrogen functional groups attached to an aromatic ring is 2. The quantitative estimate of drug-likeness (QED) is 0.403. The van der Waals surface area contributed by atoms with E-state index >= 15 is 0 Å². The Morgan fingerprint density at radius 3 is 1.97 bits per heavy atom. The highest BCUT2D eigenvalue weighted by Crippen LogP contribution is 2.22. The first-order valence-corrected chi connectivity index (χ1v) is 9.07. The van der Waals surface area contributed by atoms with E-state index in [2.05, 4.69) is 50.7 Å². The Balaban J connectivity index is 0.000000166. The zero-order valence-electron chi connectivity index (χ0n) is 17.4. The highest BCUT2D eigenvalue weighted by molar-refractivity contribution is 5.81. The van der Waals surface area contributed by atoms with Crippen LogP contribution in [0.4, 0.5) is 11.8 Å². The minimum absolute atomic E-state index is 0.0461. The predicted octanol–water partition coefficient (Wildman–Crippen LogP) is 1.62. The minimum Gasteiger partial charge on any atom is -0.382 e. The minimum atomic E-state index is -0.305. The molecule has 0 aliphatic rings. The molecule has 0 amide bonds. The van der Waals surface area contributed by atoms with Crippen LogP contribution in [0.15, 0.2) is 23.8 Å². The SMILES string of the molecule is CC(C)(C)n1cnc2c(=O)[nH]c(N)nc21.CC(C)(C)n1cnc2c(N)ncnc21. The van der Waals surface area contributed by atoms with Gasteiger partial charge in [0.2, 0.25) is 5.95 Å². The van der Waals surface area contributed by atoms with Crippen LogP contribution in [-0.2, 0) is 11.1 Å². The molecule has 0 saturated carbocycles. The van der Waals surface area contributed by atoms with Crippen LogP contribution in [0.25, 0.3) is 22.3 Å². The summed E-state index contributed by atoms with van der Waals surface area (Å²) in [6, 6.07) is 0. The summed E-state index contributed by atoms with van der Waals surface area (Å²) in [5, 5.41) is 0. The summed E-state index contributed by atoms with van der Waals surface area (Å²) in [6.07, 6.45) is 4.81. The number of nitrogens with two attached hydrogens (primary N) is 2. The largest absolute Gasteiger partial charge is 0.382 e. The standard InChI is InChI=1S/C9H13N5O.C9H13N5/c1-9(2,3)14-4-11-5-6(14)12-8(10)13-7(5)15;1-9(2,3)14-5-13-6-7(10)11-4-12-8(6)14/h4H,1-3H3,(H3,10,12,13,15);4-5H,1-3H3,(H2,10,11,12). The first-order valence-electron chi connectivity index (χ1n) is 9.07. The van der Waals surface area contributed by atoms with E-state index in [1.807, 2.05) is 29.9 Å². The molecule has 0 radical (unpaired) electrons. The van der Waals surface area contributed by atoms with Crippen LogP contribution in [0, 0.1) is 0 Å². The zero-order valence-corrected chi connectivity index (χ0v) is 17.4. The molecule has 154 valence electrons. The lowest BCUT2D eigenvalue weighted by molar-refractivity contribution is 0.405. The summed E-state index contributed by atoms with van der Waals surface area (Å²) in [5.41, 5.74) is 12.9. The normalized spacial score (nSPS) is 12.2. The first-order chi connectivity index (χ1) is 13.4. The number of nitrogens with zero attached hydrogens (tertiary/aromatic N) is 7. The van der Waals surface area contributed by atoms with Crippen molar-refractivity contribution in [1.82, 2.24) is 39.0 Å². The molecule has 0 unspecified atom stereocenters. The third-order valence-corrected chi connectivity index (χ3v) is 4.23. The van der Waals surface area contributed by atoms with Gasteiger partial charge in [0.1, 0.15) is 11.8 Å². The zero-order chi connectivity index (χ0) is 21.6. The van der Waals surface area contributed by atoms with Gasteiger partial charge < -0.3 is 20.6 Å². The van der Waals surface area contributed by atoms with Crippen molar-refractivity contribution in [2.45, 2.75) is 52.6 Å². The predicted molar refractivity (Wildman–Crippen MR) is 112 cm³/mol. The molecule has 4 aromatic heterocycles. The van der Waals surface area contributed by atoms with Crippen LogP contribution in [0.2, 0.25) is 0 Å². The number of aromatic nitrogens is 8. The Morgan fingerprint density at radius 2 is 1.38 bits per heavy atom. The summed E-state index contributed by atoms with van der Waals surface area (Å²) in [5.74, 6) is 0.538. The van der Waals surface area contributed by atoms with E-state index in [4.69, 9.17) is 11.5 Å². The lowest BCUT2D eigenvalue weighted by Crippen LogP contribution is -2.22. The van der Waals surface area contributed by atoms with Gasteiger partial charge in [-0.2, -0.15) is 4.98 Å². The van der Waals surface area contributed by atoms with Crippen LogP contribution in [0.1, 0.15) is 41.5 Å². The number of anilines is 2. The molecule has 0 bridgehead atoms. The van der Waals surface area contributed by atoms with Crippen molar-refractivity contribution in [1.29, 1.82) is 0 Å². The fourth-order valence-electron chi connectivity index (χ4n) is 2.76. The van der Waals surface area contributed by atoms with Crippen molar-refractivity contribution in [3.63, 3.8) is 0 Å². The topological polar surface area (TPSA) is 159 Å². The molecule has 11 heteroatoms. The fourth-order valence-corrected chi connectivity index (χ4v) is 2.76. The molecule has 5 N–H and O–H groups in total. The third-order valence-electron chi connectivity index (χ3n) is 4.23. The van der Waals surface area contributed by atoms with Crippen molar-refractivity contribution >= 4 is 34.1 Å². The Bertz CT molecular complexity index is 1220. The van der Waals surface area contributed by atoms with E-state index in [0.29, 0.717) is 22.5 Å². The smallest absolute Gasteiger partial charge is 0.280 e. The second kappa shape index (κ2) is 6.83. The molecule has 0 atom stereocenters. The van der Waals surface area contributed by atoms with Gasteiger partial charge >= 0.3 is 0 Å². The molecule has 0 spiro atoms. The van der Waals surface area contributed by atoms with Gasteiger partial charge in [0.05, 0.1) is 12.7 Å². The monoisotopic (exact) mass is 398 g/mol. The maximum absolute atomic E-state index is 11.5. The molecule has 11 nitrogen and oxygen atoms in total. The van der Waals surface area contributed by atoms with E-state index in [9.17, 15) is 4.79 Å². The van der Waals surface area contributed by atoms with Gasteiger partial charge in [0.15, 0.2) is 22.6 Å². The van der Waals surface area contributed by atoms with Gasteiger partial charge in [-0.3, -0.25) is 9.78 Å². The number of hydrogen-bond donors (Lipinski definition) is 3. The maximum atomic E-state index is 11.5. The highest BCUT2D eigenvalue weighted by Gasteiger charge is 2.19. The molecular formula is C18H26N10O. The van der Waals surface area contributed by atoms with Gasteiger partial charge in [-0.15, -0.1) is 0 Å². The number of nitrogens with one attached hydrogen (secondary N) is 1. The van der Waals surface area contributed by atoms with Gasteiger partial charge in [-0.25, -0.2) is 19.9 Å². The van der Waals surface area contributed by atoms with Crippen LogP contribution >= 0.6 is 0 Å². The first kappa shape index (κ1) is 20.2. The molecule has 4 heterocycles. The van der Waals surface area contributed by atoms with E-state index in [0.717, 1.165) is 5.65 Å². The van der Waals surface area contributed by atoms with Crippen molar-refractivity contribution in [2.75, 3.05) is 11.5 Å². The van der Waals surface area contributed by atoms with E-state index in [1.54, 1.807) is 12.7 Å². The molecule has 4 aromatic rings. The average Bonchev–Trinajstić information content (AvgIpc) is 3.19. The second-order valence-electron chi connectivity index (χ2n) is 8.63. The Morgan fingerprint density at radius 1 is 0.828 bits per heavy atom. The van der Waals surface area contributed by atoms with Crippen molar-refractivity contribution in [3.8, 4) is 0 Å². The third kappa shape index (κ3) is 3.89. The Hall–Kier alpha value is -3.50. The van der Waals surface area contributed by atoms with Gasteiger partial charge in [-0.05, 0) is 41.5 Å². The average molecular weight is 398 g/mol. The molecular weight excluding hydrogens is 372 g/mol. The molecule has 0 aliphatic carbocycles. The van der Waals surface area contributed by atoms with Gasteiger partial charge in [0, 0.05) is 11.1 Å². The second-order valence-corrected chi connectivity index (χ2v) is 8.63. The molecule has 4 rings (SSSR count). The number of aromatic amines is 1. The molecule has 0 aromatic carbocycles. The molecule has 0 saturated heterocycles. The van der Waals surface area contributed by atoms with Gasteiger partial charge in [0.25, 0.3) is 5.56 Å². The van der Waals surface area contributed by atoms with Crippen molar-refractivity contribution in [3.05, 3.63) is 29.3 Å². The van der Waals surface area contributed by atoms with Gasteiger partial charge in [-0.1, -0.05) is 0 Å². The number of fused-ring (bicyclic) bond motifs is 2. The summed E-state index contributed by atoms with van der Waals surface area (Å²) < 4.78 is 3.81. The summed E-state index contributed by atoms with van der Waals surface area (Å²) in [7, 11) is 0. The molecule has 29 heavy (non-hydrogen) atoms. The van der Waals surface area contributed by atoms with Crippen LogP contribution in [-0.4, -0.2) is 39.0 Å². The lowest BCUT2D eigenvalue weighted by atomic mass is 10.1. The summed E-state index contributed by atoms with van der Waals surface area (Å²) in [6.45, 7) is 12.3. The Labute approximate surface area is 167 Å². The summed E-state index contributed by atoms with van der Waals surface area (Å²) in [4.78, 5) is 34.3. The van der Waals surface area contributed by atoms with Crippen LogP contribution in [0.3, 0.4) is 0 Å². The highest BCUT2D eigenvalue weighted by atomic mass is 16.1. The molecule has 0 fully saturated rings. The number of hydrogen-bond acceptors (Lipinski definition) is 8. The van der Waals surface area contributed by atoms with Crippen molar-refractivity contribution in [2.24, 2.45) is 0 Å². The van der Waals surface area contributed by atoms with Crippen LogP contribution in [0.5, 0.6) is 0 Å². The lowest BCUT2D eigenvalue weighted by Gasteiger charge is -2.20. The van der Waals surface area contributed by atoms with E-state index < -0.39 is 0 Å². The fraction of sp³-hybridized carbons (Fsp3) is 0.444. The summed E-state index contributed by atoms with van der Waals surface area (Å²) >= 11 is 0. The van der Waals surface area contributed by atoms with E-state index in [-0.39, 0.29) is 22.6 Å². The van der Waals surface area contributed by atoms with Crippen LogP contribution < -0.4 is 17.0 Å². The molecule has 0 aliphatic heterocycles. The Kier molecular flexibility index (Phi) is 4.77.